The van der Waals surface area contributed by atoms with Gasteiger partial charge in [-0.15, -0.1) is 0 Å². The van der Waals surface area contributed by atoms with Crippen LogP contribution in [-0.4, -0.2) is 36.1 Å². The summed E-state index contributed by atoms with van der Waals surface area (Å²) in [6.07, 6.45) is 2.35. The second-order valence-corrected chi connectivity index (χ2v) is 5.22. The van der Waals surface area contributed by atoms with Crippen LogP contribution in [0.1, 0.15) is 31.2 Å². The predicted octanol–water partition coefficient (Wildman–Crippen LogP) is 2.67. The zero-order valence-corrected chi connectivity index (χ0v) is 13.2. The fourth-order valence-corrected chi connectivity index (χ4v) is 1.98. The lowest BCUT2D eigenvalue weighted by atomic mass is 10.4. The van der Waals surface area contributed by atoms with Gasteiger partial charge in [-0.25, -0.2) is 0 Å². The van der Waals surface area contributed by atoms with Crippen molar-refractivity contribution in [1.29, 1.82) is 0 Å². The Morgan fingerprint density at radius 2 is 2.06 bits per heavy atom. The Kier molecular flexibility index (Phi) is 7.54. The van der Waals surface area contributed by atoms with Gasteiger partial charge in [-0.1, -0.05) is 13.3 Å². The van der Waals surface area contributed by atoms with E-state index in [1.807, 2.05) is 11.6 Å². The van der Waals surface area contributed by atoms with Gasteiger partial charge >= 0.3 is 0 Å². The number of nitrogens with zero attached hydrogens (tertiary/aromatic N) is 2. The van der Waals surface area contributed by atoms with E-state index in [0.717, 1.165) is 49.4 Å². The lowest BCUT2D eigenvalue weighted by Crippen LogP contribution is -2.25. The third-order valence-electron chi connectivity index (χ3n) is 2.86. The van der Waals surface area contributed by atoms with Crippen molar-refractivity contribution >= 4 is 15.9 Å². The van der Waals surface area contributed by atoms with E-state index in [9.17, 15) is 0 Å². The molecule has 0 unspecified atom stereocenters. The van der Waals surface area contributed by atoms with Crippen LogP contribution in [0.15, 0.2) is 4.47 Å². The van der Waals surface area contributed by atoms with Gasteiger partial charge in [0.05, 0.1) is 23.3 Å². The monoisotopic (exact) mass is 317 g/mol. The molecule has 5 heteroatoms. The zero-order valence-electron chi connectivity index (χ0n) is 11.6. The van der Waals surface area contributed by atoms with Crippen LogP contribution in [0.4, 0.5) is 0 Å². The van der Waals surface area contributed by atoms with E-state index in [4.69, 9.17) is 4.74 Å². The van der Waals surface area contributed by atoms with E-state index in [-0.39, 0.29) is 0 Å². The lowest BCUT2D eigenvalue weighted by Gasteiger charge is -2.07. The standard InChI is InChI=1S/C13H24BrN3O/c1-4-5-9-18-10-7-15-6-8-17-12(3)13(14)11(2)16-17/h15H,4-10H2,1-3H3. The number of aryl methyl sites for hydroxylation is 1. The van der Waals surface area contributed by atoms with E-state index in [1.54, 1.807) is 0 Å². The average molecular weight is 318 g/mol. The molecule has 1 aromatic rings. The summed E-state index contributed by atoms with van der Waals surface area (Å²) in [7, 11) is 0. The van der Waals surface area contributed by atoms with Crippen molar-refractivity contribution in [2.75, 3.05) is 26.3 Å². The maximum absolute atomic E-state index is 5.48. The summed E-state index contributed by atoms with van der Waals surface area (Å²) in [5, 5.41) is 7.83. The van der Waals surface area contributed by atoms with Gasteiger partial charge in [-0.2, -0.15) is 5.10 Å². The van der Waals surface area contributed by atoms with E-state index < -0.39 is 0 Å². The third-order valence-corrected chi connectivity index (χ3v) is 4.01. The van der Waals surface area contributed by atoms with Crippen molar-refractivity contribution in [2.24, 2.45) is 0 Å². The molecule has 0 atom stereocenters. The molecule has 0 spiro atoms. The van der Waals surface area contributed by atoms with Crippen molar-refractivity contribution in [2.45, 2.75) is 40.2 Å². The molecule has 18 heavy (non-hydrogen) atoms. The Bertz CT molecular complexity index is 352. The smallest absolute Gasteiger partial charge is 0.0738 e. The molecule has 0 amide bonds. The fraction of sp³-hybridized carbons (Fsp3) is 0.769. The minimum absolute atomic E-state index is 0.792. The topological polar surface area (TPSA) is 39.1 Å². The third kappa shape index (κ3) is 5.08. The first-order valence-corrected chi connectivity index (χ1v) is 7.44. The molecule has 0 saturated carbocycles. The molecular weight excluding hydrogens is 294 g/mol. The van der Waals surface area contributed by atoms with Gasteiger partial charge in [0, 0.05) is 25.4 Å². The molecule has 0 fully saturated rings. The maximum atomic E-state index is 5.48. The first kappa shape index (κ1) is 15.7. The summed E-state index contributed by atoms with van der Waals surface area (Å²) in [5.74, 6) is 0. The fourth-order valence-electron chi connectivity index (χ4n) is 1.70. The normalized spacial score (nSPS) is 11.1. The Morgan fingerprint density at radius 3 is 2.67 bits per heavy atom. The molecule has 104 valence electrons. The van der Waals surface area contributed by atoms with Crippen LogP contribution < -0.4 is 5.32 Å². The minimum atomic E-state index is 0.792. The lowest BCUT2D eigenvalue weighted by molar-refractivity contribution is 0.133. The van der Waals surface area contributed by atoms with E-state index in [0.29, 0.717) is 0 Å². The number of rotatable bonds is 9. The van der Waals surface area contributed by atoms with Crippen LogP contribution in [-0.2, 0) is 11.3 Å². The van der Waals surface area contributed by atoms with Gasteiger partial charge in [0.15, 0.2) is 0 Å². The van der Waals surface area contributed by atoms with Crippen LogP contribution in [0, 0.1) is 13.8 Å². The Morgan fingerprint density at radius 1 is 1.28 bits per heavy atom. The second kappa shape index (κ2) is 8.67. The summed E-state index contributed by atoms with van der Waals surface area (Å²) in [5.41, 5.74) is 2.24. The summed E-state index contributed by atoms with van der Waals surface area (Å²) in [4.78, 5) is 0. The van der Waals surface area contributed by atoms with Crippen molar-refractivity contribution < 1.29 is 4.74 Å². The quantitative estimate of drug-likeness (QED) is 0.712. The zero-order chi connectivity index (χ0) is 13.4. The second-order valence-electron chi connectivity index (χ2n) is 4.42. The van der Waals surface area contributed by atoms with Gasteiger partial charge in [0.2, 0.25) is 0 Å². The number of ether oxygens (including phenoxy) is 1. The van der Waals surface area contributed by atoms with Gasteiger partial charge in [0.1, 0.15) is 0 Å². The molecule has 1 heterocycles. The van der Waals surface area contributed by atoms with Crippen molar-refractivity contribution in [3.8, 4) is 0 Å². The SMILES string of the molecule is CCCCOCCNCCn1nc(C)c(Br)c1C. The van der Waals surface area contributed by atoms with Gasteiger partial charge in [-0.3, -0.25) is 4.68 Å². The summed E-state index contributed by atoms with van der Waals surface area (Å²) in [6.45, 7) is 10.7. The number of halogens is 1. The number of aromatic nitrogens is 2. The molecule has 0 radical (unpaired) electrons. The molecule has 1 rings (SSSR count). The Hall–Kier alpha value is -0.390. The van der Waals surface area contributed by atoms with Crippen molar-refractivity contribution in [3.63, 3.8) is 0 Å². The van der Waals surface area contributed by atoms with Gasteiger partial charge in [0.25, 0.3) is 0 Å². The highest BCUT2D eigenvalue weighted by Gasteiger charge is 2.07. The van der Waals surface area contributed by atoms with Gasteiger partial charge < -0.3 is 10.1 Å². The summed E-state index contributed by atoms with van der Waals surface area (Å²) < 4.78 is 8.63. The summed E-state index contributed by atoms with van der Waals surface area (Å²) in [6, 6.07) is 0. The van der Waals surface area contributed by atoms with Crippen molar-refractivity contribution in [1.82, 2.24) is 15.1 Å². The van der Waals surface area contributed by atoms with E-state index >= 15 is 0 Å². The average Bonchev–Trinajstić information content (AvgIpc) is 2.60. The molecule has 4 nitrogen and oxygen atoms in total. The van der Waals surface area contributed by atoms with Crippen LogP contribution in [0.5, 0.6) is 0 Å². The highest BCUT2D eigenvalue weighted by Crippen LogP contribution is 2.19. The van der Waals surface area contributed by atoms with Gasteiger partial charge in [-0.05, 0) is 36.2 Å². The number of hydrogen-bond acceptors (Lipinski definition) is 3. The first-order valence-electron chi connectivity index (χ1n) is 6.64. The molecule has 0 aliphatic rings. The molecule has 0 aliphatic carbocycles. The highest BCUT2D eigenvalue weighted by molar-refractivity contribution is 9.10. The largest absolute Gasteiger partial charge is 0.380 e. The molecular formula is C13H24BrN3O. The molecule has 1 N–H and O–H groups in total. The maximum Gasteiger partial charge on any atom is 0.0738 e. The minimum Gasteiger partial charge on any atom is -0.380 e. The van der Waals surface area contributed by atoms with Crippen molar-refractivity contribution in [3.05, 3.63) is 15.9 Å². The molecule has 0 bridgehead atoms. The van der Waals surface area contributed by atoms with Crippen LogP contribution in [0.2, 0.25) is 0 Å². The Balaban J connectivity index is 2.09. The predicted molar refractivity (Wildman–Crippen MR) is 78.0 cm³/mol. The number of nitrogens with one attached hydrogen (secondary N) is 1. The van der Waals surface area contributed by atoms with Crippen LogP contribution in [0.3, 0.4) is 0 Å². The number of unbranched alkanes of at least 4 members (excludes halogenated alkanes) is 1. The first-order chi connectivity index (χ1) is 8.66. The molecule has 0 saturated heterocycles. The van der Waals surface area contributed by atoms with E-state index in [1.165, 1.54) is 12.1 Å². The van der Waals surface area contributed by atoms with E-state index in [2.05, 4.69) is 40.2 Å². The highest BCUT2D eigenvalue weighted by atomic mass is 79.9. The van der Waals surface area contributed by atoms with Crippen LogP contribution >= 0.6 is 15.9 Å². The Labute approximate surface area is 118 Å². The molecule has 0 aromatic carbocycles. The molecule has 1 aromatic heterocycles. The van der Waals surface area contributed by atoms with Crippen LogP contribution in [0.25, 0.3) is 0 Å². The number of hydrogen-bond donors (Lipinski definition) is 1. The summed E-state index contributed by atoms with van der Waals surface area (Å²) >= 11 is 3.53. The molecule has 0 aliphatic heterocycles.